The molecule has 0 saturated heterocycles. The van der Waals surface area contributed by atoms with E-state index in [0.29, 0.717) is 12.8 Å². The highest BCUT2D eigenvalue weighted by molar-refractivity contribution is 7.86. The van der Waals surface area contributed by atoms with Crippen molar-refractivity contribution < 1.29 is 12.6 Å². The third-order valence-corrected chi connectivity index (χ3v) is 4.94. The maximum atomic E-state index is 12.3. The second kappa shape index (κ2) is 7.96. The SMILES string of the molecule is C#CCCC(COS(=O)(=O)c1ccc(C)cc1)c1ccccc1. The van der Waals surface area contributed by atoms with Gasteiger partial charge >= 0.3 is 0 Å². The molecule has 3 nitrogen and oxygen atoms in total. The lowest BCUT2D eigenvalue weighted by Gasteiger charge is -2.16. The summed E-state index contributed by atoms with van der Waals surface area (Å²) in [5.41, 5.74) is 2.03. The van der Waals surface area contributed by atoms with Gasteiger partial charge in [0.25, 0.3) is 10.1 Å². The van der Waals surface area contributed by atoms with E-state index in [-0.39, 0.29) is 17.4 Å². The summed E-state index contributed by atoms with van der Waals surface area (Å²) in [4.78, 5) is 0.173. The van der Waals surface area contributed by atoms with Crippen molar-refractivity contribution in [3.63, 3.8) is 0 Å². The van der Waals surface area contributed by atoms with Crippen LogP contribution in [0.4, 0.5) is 0 Å². The van der Waals surface area contributed by atoms with Crippen molar-refractivity contribution in [1.82, 2.24) is 0 Å². The van der Waals surface area contributed by atoms with Crippen molar-refractivity contribution in [1.29, 1.82) is 0 Å². The number of terminal acetylenes is 1. The van der Waals surface area contributed by atoms with E-state index in [1.165, 1.54) is 0 Å². The fourth-order valence-corrected chi connectivity index (χ4v) is 3.22. The molecule has 0 radical (unpaired) electrons. The molecule has 1 unspecified atom stereocenters. The van der Waals surface area contributed by atoms with E-state index >= 15 is 0 Å². The molecule has 2 aromatic carbocycles. The molecule has 4 heteroatoms. The number of hydrogen-bond donors (Lipinski definition) is 0. The normalized spacial score (nSPS) is 12.5. The van der Waals surface area contributed by atoms with Crippen LogP contribution < -0.4 is 0 Å². The van der Waals surface area contributed by atoms with Gasteiger partial charge in [-0.25, -0.2) is 0 Å². The molecule has 0 heterocycles. The molecule has 0 amide bonds. The van der Waals surface area contributed by atoms with Crippen LogP contribution in [0.3, 0.4) is 0 Å². The Labute approximate surface area is 138 Å². The predicted octanol–water partition coefficient (Wildman–Crippen LogP) is 3.90. The molecule has 23 heavy (non-hydrogen) atoms. The van der Waals surface area contributed by atoms with Crippen molar-refractivity contribution in [2.24, 2.45) is 0 Å². The Morgan fingerprint density at radius 2 is 1.74 bits per heavy atom. The van der Waals surface area contributed by atoms with Crippen LogP contribution in [0.15, 0.2) is 59.5 Å². The number of hydrogen-bond acceptors (Lipinski definition) is 3. The van der Waals surface area contributed by atoms with Crippen molar-refractivity contribution in [3.8, 4) is 12.3 Å². The van der Waals surface area contributed by atoms with Crippen LogP contribution in [0.1, 0.15) is 29.9 Å². The molecule has 0 aliphatic carbocycles. The predicted molar refractivity (Wildman–Crippen MR) is 91.6 cm³/mol. The minimum atomic E-state index is -3.76. The molecule has 2 aromatic rings. The maximum Gasteiger partial charge on any atom is 0.296 e. The number of aryl methyl sites for hydroxylation is 1. The summed E-state index contributed by atoms with van der Waals surface area (Å²) in [6.07, 6.45) is 6.59. The van der Waals surface area contributed by atoms with Crippen molar-refractivity contribution in [3.05, 3.63) is 65.7 Å². The van der Waals surface area contributed by atoms with Gasteiger partial charge in [0.2, 0.25) is 0 Å². The smallest absolute Gasteiger partial charge is 0.266 e. The summed E-state index contributed by atoms with van der Waals surface area (Å²) in [7, 11) is -3.76. The van der Waals surface area contributed by atoms with Gasteiger partial charge in [-0.05, 0) is 31.0 Å². The molecule has 2 rings (SSSR count). The Hall–Kier alpha value is -2.09. The lowest BCUT2D eigenvalue weighted by molar-refractivity contribution is 0.286. The van der Waals surface area contributed by atoms with Crippen LogP contribution in [0.5, 0.6) is 0 Å². The highest BCUT2D eigenvalue weighted by atomic mass is 32.2. The molecule has 0 aliphatic rings. The molecule has 0 spiro atoms. The van der Waals surface area contributed by atoms with Gasteiger partial charge < -0.3 is 0 Å². The first kappa shape index (κ1) is 17.3. The highest BCUT2D eigenvalue weighted by Gasteiger charge is 2.19. The summed E-state index contributed by atoms with van der Waals surface area (Å²) >= 11 is 0. The van der Waals surface area contributed by atoms with E-state index < -0.39 is 10.1 Å². The molecule has 0 bridgehead atoms. The quantitative estimate of drug-likeness (QED) is 0.572. The highest BCUT2D eigenvalue weighted by Crippen LogP contribution is 2.23. The lowest BCUT2D eigenvalue weighted by Crippen LogP contribution is -2.14. The Morgan fingerprint density at radius 3 is 2.35 bits per heavy atom. The lowest BCUT2D eigenvalue weighted by atomic mass is 9.95. The average Bonchev–Trinajstić information content (AvgIpc) is 2.56. The molecular weight excluding hydrogens is 308 g/mol. The van der Waals surface area contributed by atoms with Gasteiger partial charge in [0.05, 0.1) is 11.5 Å². The van der Waals surface area contributed by atoms with Gasteiger partial charge in [0.1, 0.15) is 0 Å². The molecule has 0 N–H and O–H groups in total. The summed E-state index contributed by atoms with van der Waals surface area (Å²) in [6, 6.07) is 16.3. The molecule has 0 saturated carbocycles. The third-order valence-electron chi connectivity index (χ3n) is 3.64. The van der Waals surface area contributed by atoms with Crippen molar-refractivity contribution in [2.45, 2.75) is 30.6 Å². The van der Waals surface area contributed by atoms with Crippen LogP contribution in [0, 0.1) is 19.3 Å². The Morgan fingerprint density at radius 1 is 1.09 bits per heavy atom. The number of benzene rings is 2. The van der Waals surface area contributed by atoms with E-state index in [1.54, 1.807) is 24.3 Å². The van der Waals surface area contributed by atoms with Crippen LogP contribution in [-0.2, 0) is 14.3 Å². The first-order chi connectivity index (χ1) is 11.0. The topological polar surface area (TPSA) is 43.4 Å². The van der Waals surface area contributed by atoms with Gasteiger partial charge in [0, 0.05) is 12.3 Å². The van der Waals surface area contributed by atoms with Crippen LogP contribution in [-0.4, -0.2) is 15.0 Å². The summed E-state index contributed by atoms with van der Waals surface area (Å²) < 4.78 is 29.9. The molecule has 120 valence electrons. The molecular formula is C19H20O3S. The van der Waals surface area contributed by atoms with Gasteiger partial charge in [-0.15, -0.1) is 12.3 Å². The Kier molecular flexibility index (Phi) is 5.97. The fourth-order valence-electron chi connectivity index (χ4n) is 2.27. The third kappa shape index (κ3) is 4.95. The standard InChI is InChI=1S/C19H20O3S/c1-3-4-8-18(17-9-6-5-7-10-17)15-22-23(20,21)19-13-11-16(2)12-14-19/h1,5-7,9-14,18H,4,8,15H2,2H3. The monoisotopic (exact) mass is 328 g/mol. The molecule has 0 fully saturated rings. The van der Waals surface area contributed by atoms with Crippen LogP contribution >= 0.6 is 0 Å². The van der Waals surface area contributed by atoms with Crippen molar-refractivity contribution in [2.75, 3.05) is 6.61 Å². The Balaban J connectivity index is 2.11. The van der Waals surface area contributed by atoms with Gasteiger partial charge in [-0.2, -0.15) is 8.42 Å². The van der Waals surface area contributed by atoms with E-state index in [2.05, 4.69) is 5.92 Å². The first-order valence-corrected chi connectivity index (χ1v) is 8.88. The van der Waals surface area contributed by atoms with Crippen molar-refractivity contribution >= 4 is 10.1 Å². The van der Waals surface area contributed by atoms with Crippen LogP contribution in [0.25, 0.3) is 0 Å². The van der Waals surface area contributed by atoms with Gasteiger partial charge in [-0.3, -0.25) is 4.18 Å². The fraction of sp³-hybridized carbons (Fsp3) is 0.263. The largest absolute Gasteiger partial charge is 0.296 e. The molecule has 0 aromatic heterocycles. The van der Waals surface area contributed by atoms with Crippen LogP contribution in [0.2, 0.25) is 0 Å². The van der Waals surface area contributed by atoms with E-state index in [4.69, 9.17) is 10.6 Å². The second-order valence-corrected chi connectivity index (χ2v) is 7.02. The van der Waals surface area contributed by atoms with E-state index in [1.807, 2.05) is 37.3 Å². The maximum absolute atomic E-state index is 12.3. The zero-order valence-corrected chi connectivity index (χ0v) is 13.9. The zero-order valence-electron chi connectivity index (χ0n) is 13.1. The second-order valence-electron chi connectivity index (χ2n) is 5.40. The van der Waals surface area contributed by atoms with E-state index in [0.717, 1.165) is 11.1 Å². The summed E-state index contributed by atoms with van der Waals surface area (Å²) in [6.45, 7) is 1.99. The van der Waals surface area contributed by atoms with E-state index in [9.17, 15) is 8.42 Å². The minimum Gasteiger partial charge on any atom is -0.266 e. The van der Waals surface area contributed by atoms with Gasteiger partial charge in [-0.1, -0.05) is 48.0 Å². The minimum absolute atomic E-state index is 0.0486. The molecule has 0 aliphatic heterocycles. The molecule has 1 atom stereocenters. The first-order valence-electron chi connectivity index (χ1n) is 7.47. The number of rotatable bonds is 7. The zero-order chi connectivity index (χ0) is 16.7. The summed E-state index contributed by atoms with van der Waals surface area (Å²) in [5.74, 6) is 2.55. The average molecular weight is 328 g/mol. The Bertz CT molecular complexity index is 757. The van der Waals surface area contributed by atoms with Gasteiger partial charge in [0.15, 0.2) is 0 Å². The summed E-state index contributed by atoms with van der Waals surface area (Å²) in [5, 5.41) is 0.